The number of nitrogens with zero attached hydrogens (tertiary/aromatic N) is 1. The number of urea groups is 1. The predicted octanol–water partition coefficient (Wildman–Crippen LogP) is 2.39. The van der Waals surface area contributed by atoms with Crippen LogP contribution in [0.3, 0.4) is 0 Å². The number of hydrogen-bond acceptors (Lipinski definition) is 2. The van der Waals surface area contributed by atoms with Gasteiger partial charge in [0.1, 0.15) is 5.82 Å². The first kappa shape index (κ1) is 17.5. The van der Waals surface area contributed by atoms with E-state index in [9.17, 15) is 27.2 Å². The average Bonchev–Trinajstić information content (AvgIpc) is 2.39. The molecule has 0 atom stereocenters. The van der Waals surface area contributed by atoms with Crippen molar-refractivity contribution >= 4 is 11.9 Å². The van der Waals surface area contributed by atoms with Crippen LogP contribution in [0.5, 0.6) is 0 Å². The fraction of sp³-hybridized carbons (Fsp3) is 0.500. The third-order valence-corrected chi connectivity index (χ3v) is 4.92. The molecule has 3 N–H and O–H groups in total. The number of alkyl halides is 3. The predicted molar refractivity (Wildman–Crippen MR) is 79.6 cm³/mol. The van der Waals surface area contributed by atoms with Gasteiger partial charge in [-0.2, -0.15) is 13.2 Å². The van der Waals surface area contributed by atoms with Crippen molar-refractivity contribution in [2.24, 2.45) is 11.7 Å². The summed E-state index contributed by atoms with van der Waals surface area (Å²) in [5.74, 6) is -0.933. The van der Waals surface area contributed by atoms with E-state index in [0.29, 0.717) is 12.0 Å². The van der Waals surface area contributed by atoms with Gasteiger partial charge in [-0.1, -0.05) is 0 Å². The zero-order valence-corrected chi connectivity index (χ0v) is 13.2. The fourth-order valence-electron chi connectivity index (χ4n) is 3.63. The lowest BCUT2D eigenvalue weighted by molar-refractivity contribution is -0.173. The van der Waals surface area contributed by atoms with Gasteiger partial charge in [-0.3, -0.25) is 4.79 Å². The number of nitrogens with one attached hydrogen (secondary N) is 1. The molecule has 3 amide bonds. The molecule has 0 unspecified atom stereocenters. The average molecular weight is 359 g/mol. The number of benzene rings is 1. The molecular weight excluding hydrogens is 342 g/mol. The van der Waals surface area contributed by atoms with Crippen LogP contribution in [0.1, 0.15) is 30.4 Å². The molecule has 9 heteroatoms. The number of hydrogen-bond donors (Lipinski definition) is 2. The summed E-state index contributed by atoms with van der Waals surface area (Å²) in [6.45, 7) is -0.490. The first-order valence-corrected chi connectivity index (χ1v) is 7.79. The Kier molecular flexibility index (Phi) is 4.12. The van der Waals surface area contributed by atoms with E-state index in [4.69, 9.17) is 5.73 Å². The van der Waals surface area contributed by atoms with Gasteiger partial charge >= 0.3 is 12.2 Å². The largest absolute Gasteiger partial charge is 0.416 e. The highest BCUT2D eigenvalue weighted by atomic mass is 19.4. The summed E-state index contributed by atoms with van der Waals surface area (Å²) in [5, 5.41) is 2.19. The zero-order valence-electron chi connectivity index (χ0n) is 13.2. The van der Waals surface area contributed by atoms with Crippen molar-refractivity contribution in [1.29, 1.82) is 0 Å². The molecule has 3 fully saturated rings. The van der Waals surface area contributed by atoms with Gasteiger partial charge in [0.25, 0.3) is 0 Å². The maximum atomic E-state index is 13.6. The molecule has 4 rings (SSSR count). The Morgan fingerprint density at radius 2 is 1.88 bits per heavy atom. The Morgan fingerprint density at radius 3 is 2.36 bits per heavy atom. The molecule has 0 spiro atoms. The number of amides is 3. The molecule has 2 bridgehead atoms. The van der Waals surface area contributed by atoms with Crippen molar-refractivity contribution in [2.75, 3.05) is 6.54 Å². The topological polar surface area (TPSA) is 75.4 Å². The third kappa shape index (κ3) is 3.40. The molecule has 0 saturated heterocycles. The smallest absolute Gasteiger partial charge is 0.352 e. The van der Waals surface area contributed by atoms with E-state index in [2.05, 4.69) is 5.32 Å². The maximum Gasteiger partial charge on any atom is 0.416 e. The van der Waals surface area contributed by atoms with E-state index in [1.165, 1.54) is 4.90 Å². The summed E-state index contributed by atoms with van der Waals surface area (Å²) in [5.41, 5.74) is 3.52. The van der Waals surface area contributed by atoms with Gasteiger partial charge in [-0.25, -0.2) is 9.18 Å². The number of rotatable bonds is 5. The molecular formula is C16H17F4N3O2. The first-order valence-electron chi connectivity index (χ1n) is 7.79. The Labute approximate surface area is 141 Å². The van der Waals surface area contributed by atoms with Crippen molar-refractivity contribution in [1.82, 2.24) is 10.2 Å². The van der Waals surface area contributed by atoms with Crippen LogP contribution in [0.4, 0.5) is 22.4 Å². The molecule has 5 nitrogen and oxygen atoms in total. The second-order valence-electron chi connectivity index (χ2n) is 6.75. The van der Waals surface area contributed by atoms with Gasteiger partial charge in [0.15, 0.2) is 0 Å². The van der Waals surface area contributed by atoms with Crippen molar-refractivity contribution in [3.8, 4) is 0 Å². The number of nitrogens with two attached hydrogens (primary N) is 1. The van der Waals surface area contributed by atoms with Crippen LogP contribution >= 0.6 is 0 Å². The molecule has 136 valence electrons. The molecule has 1 aromatic carbocycles. The molecule has 1 aromatic rings. The van der Waals surface area contributed by atoms with Crippen molar-refractivity contribution < 1.29 is 27.2 Å². The Morgan fingerprint density at radius 1 is 1.24 bits per heavy atom. The fourth-order valence-corrected chi connectivity index (χ4v) is 3.63. The molecule has 3 saturated carbocycles. The Hall–Kier alpha value is -2.32. The van der Waals surface area contributed by atoms with Gasteiger partial charge < -0.3 is 16.0 Å². The van der Waals surface area contributed by atoms with E-state index in [0.717, 1.165) is 31.4 Å². The minimum atomic E-state index is -4.67. The van der Waals surface area contributed by atoms with Crippen molar-refractivity contribution in [3.63, 3.8) is 0 Å². The summed E-state index contributed by atoms with van der Waals surface area (Å²) in [4.78, 5) is 24.7. The molecule has 3 aliphatic carbocycles. The van der Waals surface area contributed by atoms with Gasteiger partial charge in [0, 0.05) is 12.1 Å². The maximum absolute atomic E-state index is 13.6. The lowest BCUT2D eigenvalue weighted by Crippen LogP contribution is -2.70. The van der Waals surface area contributed by atoms with Crippen molar-refractivity contribution in [3.05, 3.63) is 35.1 Å². The SMILES string of the molecule is NC(=O)NCC(=O)N(Cc1cc(F)cc(C(F)(F)F)c1)C12CC(C1)C2. The van der Waals surface area contributed by atoms with Crippen LogP contribution < -0.4 is 11.1 Å². The quantitative estimate of drug-likeness (QED) is 0.792. The Bertz CT molecular complexity index is 703. The van der Waals surface area contributed by atoms with Crippen LogP contribution in [0.2, 0.25) is 0 Å². The number of primary amides is 1. The highest BCUT2D eigenvalue weighted by molar-refractivity contribution is 5.84. The summed E-state index contributed by atoms with van der Waals surface area (Å²) >= 11 is 0. The summed E-state index contributed by atoms with van der Waals surface area (Å²) in [7, 11) is 0. The van der Waals surface area contributed by atoms with E-state index in [-0.39, 0.29) is 18.7 Å². The molecule has 0 aromatic heterocycles. The van der Waals surface area contributed by atoms with Crippen LogP contribution in [0.25, 0.3) is 0 Å². The highest BCUT2D eigenvalue weighted by Crippen LogP contribution is 2.60. The van der Waals surface area contributed by atoms with Gasteiger partial charge in [-0.05, 0) is 48.9 Å². The van der Waals surface area contributed by atoms with E-state index in [1.807, 2.05) is 0 Å². The Balaban J connectivity index is 1.82. The molecule has 0 aliphatic heterocycles. The third-order valence-electron chi connectivity index (χ3n) is 4.92. The number of carbonyl (C=O) groups is 2. The molecule has 0 heterocycles. The van der Waals surface area contributed by atoms with E-state index >= 15 is 0 Å². The van der Waals surface area contributed by atoms with Gasteiger partial charge in [0.2, 0.25) is 5.91 Å². The highest BCUT2D eigenvalue weighted by Gasteiger charge is 2.61. The molecule has 0 radical (unpaired) electrons. The zero-order chi connectivity index (χ0) is 18.4. The molecule has 25 heavy (non-hydrogen) atoms. The second-order valence-corrected chi connectivity index (χ2v) is 6.75. The second kappa shape index (κ2) is 5.89. The van der Waals surface area contributed by atoms with Crippen LogP contribution in [0.15, 0.2) is 18.2 Å². The summed E-state index contributed by atoms with van der Waals surface area (Å²) < 4.78 is 52.2. The lowest BCUT2D eigenvalue weighted by atomic mass is 9.49. The lowest BCUT2D eigenvalue weighted by Gasteiger charge is -2.66. The number of carbonyl (C=O) groups excluding carboxylic acids is 2. The number of halogens is 4. The van der Waals surface area contributed by atoms with Crippen LogP contribution in [-0.2, 0) is 17.5 Å². The van der Waals surface area contributed by atoms with Crippen molar-refractivity contribution in [2.45, 2.75) is 37.5 Å². The summed E-state index contributed by atoms with van der Waals surface area (Å²) in [6, 6.07) is 1.39. The monoisotopic (exact) mass is 359 g/mol. The normalized spacial score (nSPS) is 24.1. The van der Waals surface area contributed by atoms with Gasteiger partial charge in [0.05, 0.1) is 12.1 Å². The molecule has 3 aliphatic rings. The standard InChI is InChI=1S/C16H17F4N3O2/c17-12-2-9(1-11(3-12)16(18,19)20)8-23(13(24)7-22-14(21)25)15-4-10(5-15)6-15/h1-3,10H,4-8H2,(H3,21,22,25). The minimum Gasteiger partial charge on any atom is -0.352 e. The van der Waals surface area contributed by atoms with Crippen LogP contribution in [0, 0.1) is 11.7 Å². The first-order chi connectivity index (χ1) is 11.6. The van der Waals surface area contributed by atoms with E-state index in [1.54, 1.807) is 0 Å². The van der Waals surface area contributed by atoms with Crippen LogP contribution in [-0.4, -0.2) is 28.9 Å². The van der Waals surface area contributed by atoms with Gasteiger partial charge in [-0.15, -0.1) is 0 Å². The van der Waals surface area contributed by atoms with E-state index < -0.39 is 35.0 Å². The minimum absolute atomic E-state index is 0.0597. The summed E-state index contributed by atoms with van der Waals surface area (Å²) in [6.07, 6.45) is -2.35.